The molecule has 0 unspecified atom stereocenters. The van der Waals surface area contributed by atoms with Crippen LogP contribution in [0.3, 0.4) is 0 Å². The number of halogens is 3. The number of benzene rings is 2. The summed E-state index contributed by atoms with van der Waals surface area (Å²) in [6.07, 6.45) is 0. The Morgan fingerprint density at radius 2 is 1.86 bits per heavy atom. The molecule has 0 heterocycles. The summed E-state index contributed by atoms with van der Waals surface area (Å²) in [6, 6.07) is 6.52. The van der Waals surface area contributed by atoms with Crippen molar-refractivity contribution in [1.82, 2.24) is 0 Å². The zero-order valence-corrected chi connectivity index (χ0v) is 12.2. The minimum atomic E-state index is -4.03. The molecule has 0 fully saturated rings. The number of sulfonamides is 1. The Labute approximate surface area is 125 Å². The topological polar surface area (TPSA) is 72.2 Å². The highest BCUT2D eigenvalue weighted by Gasteiger charge is 2.17. The second kappa shape index (κ2) is 5.97. The summed E-state index contributed by atoms with van der Waals surface area (Å²) < 4.78 is 52.6. The standard InChI is InChI=1S/C13H11ClF2N2O2S/c14-11-6-10(3-1-8(11)7-17)21(19,20)18-13-4-2-9(15)5-12(13)16/h1-6,18H,7,17H2. The van der Waals surface area contributed by atoms with Gasteiger partial charge in [-0.05, 0) is 29.8 Å². The number of nitrogens with two attached hydrogens (primary N) is 1. The highest BCUT2D eigenvalue weighted by Crippen LogP contribution is 2.24. The van der Waals surface area contributed by atoms with Crippen LogP contribution in [0.5, 0.6) is 0 Å². The summed E-state index contributed by atoms with van der Waals surface area (Å²) in [5.41, 5.74) is 5.67. The van der Waals surface area contributed by atoms with Gasteiger partial charge in [0.15, 0.2) is 0 Å². The summed E-state index contributed by atoms with van der Waals surface area (Å²) in [5.74, 6) is -1.81. The van der Waals surface area contributed by atoms with Gasteiger partial charge in [0.2, 0.25) is 0 Å². The van der Waals surface area contributed by atoms with E-state index in [-0.39, 0.29) is 22.2 Å². The van der Waals surface area contributed by atoms with Crippen LogP contribution in [-0.2, 0) is 16.6 Å². The first kappa shape index (κ1) is 15.7. The van der Waals surface area contributed by atoms with Crippen molar-refractivity contribution in [3.05, 3.63) is 58.6 Å². The first-order valence-corrected chi connectivity index (χ1v) is 7.66. The predicted molar refractivity (Wildman–Crippen MR) is 76.5 cm³/mol. The quantitative estimate of drug-likeness (QED) is 0.904. The molecule has 0 saturated carbocycles. The zero-order chi connectivity index (χ0) is 15.6. The van der Waals surface area contributed by atoms with Crippen LogP contribution in [0.2, 0.25) is 5.02 Å². The summed E-state index contributed by atoms with van der Waals surface area (Å²) in [4.78, 5) is -0.145. The largest absolute Gasteiger partial charge is 0.326 e. The molecule has 3 N–H and O–H groups in total. The molecule has 0 aliphatic rings. The van der Waals surface area contributed by atoms with E-state index in [9.17, 15) is 17.2 Å². The molecule has 0 aliphatic heterocycles. The molecule has 0 atom stereocenters. The minimum Gasteiger partial charge on any atom is -0.326 e. The maximum absolute atomic E-state index is 13.5. The third kappa shape index (κ3) is 3.49. The van der Waals surface area contributed by atoms with E-state index in [1.807, 2.05) is 4.72 Å². The molecule has 0 amide bonds. The summed E-state index contributed by atoms with van der Waals surface area (Å²) in [7, 11) is -4.03. The second-order valence-corrected chi connectivity index (χ2v) is 6.28. The molecule has 0 aromatic heterocycles. The lowest BCUT2D eigenvalue weighted by Crippen LogP contribution is -2.14. The number of nitrogens with one attached hydrogen (secondary N) is 1. The average Bonchev–Trinajstić information content (AvgIpc) is 2.42. The third-order valence-electron chi connectivity index (χ3n) is 2.73. The fraction of sp³-hybridized carbons (Fsp3) is 0.0769. The van der Waals surface area contributed by atoms with Gasteiger partial charge in [-0.1, -0.05) is 17.7 Å². The number of hydrogen-bond donors (Lipinski definition) is 2. The van der Waals surface area contributed by atoms with Crippen LogP contribution in [-0.4, -0.2) is 8.42 Å². The Hall–Kier alpha value is -1.70. The van der Waals surface area contributed by atoms with Crippen LogP contribution >= 0.6 is 11.6 Å². The van der Waals surface area contributed by atoms with Crippen molar-refractivity contribution in [3.8, 4) is 0 Å². The number of hydrogen-bond acceptors (Lipinski definition) is 3. The van der Waals surface area contributed by atoms with Gasteiger partial charge in [-0.2, -0.15) is 0 Å². The van der Waals surface area contributed by atoms with E-state index in [4.69, 9.17) is 17.3 Å². The molecule has 0 bridgehead atoms. The number of rotatable bonds is 4. The Balaban J connectivity index is 2.36. The molecular weight excluding hydrogens is 322 g/mol. The lowest BCUT2D eigenvalue weighted by molar-refractivity contribution is 0.583. The maximum Gasteiger partial charge on any atom is 0.262 e. The Kier molecular flexibility index (Phi) is 4.46. The lowest BCUT2D eigenvalue weighted by atomic mass is 10.2. The van der Waals surface area contributed by atoms with Gasteiger partial charge in [0.1, 0.15) is 11.6 Å². The van der Waals surface area contributed by atoms with E-state index in [1.165, 1.54) is 18.2 Å². The maximum atomic E-state index is 13.5. The molecule has 2 aromatic rings. The van der Waals surface area contributed by atoms with Gasteiger partial charge in [-0.3, -0.25) is 4.72 Å². The minimum absolute atomic E-state index is 0.145. The molecule has 8 heteroatoms. The molecule has 2 aromatic carbocycles. The molecule has 0 aliphatic carbocycles. The predicted octanol–water partition coefficient (Wildman–Crippen LogP) is 2.88. The Bertz CT molecular complexity index is 782. The second-order valence-electron chi connectivity index (χ2n) is 4.19. The first-order chi connectivity index (χ1) is 9.83. The molecule has 0 radical (unpaired) electrons. The normalized spacial score (nSPS) is 11.4. The Morgan fingerprint density at radius 3 is 2.43 bits per heavy atom. The van der Waals surface area contributed by atoms with E-state index >= 15 is 0 Å². The highest BCUT2D eigenvalue weighted by atomic mass is 35.5. The molecule has 4 nitrogen and oxygen atoms in total. The van der Waals surface area contributed by atoms with E-state index in [0.717, 1.165) is 12.1 Å². The van der Waals surface area contributed by atoms with Crippen LogP contribution in [0.15, 0.2) is 41.3 Å². The van der Waals surface area contributed by atoms with Crippen LogP contribution in [0.4, 0.5) is 14.5 Å². The van der Waals surface area contributed by atoms with Gasteiger partial charge in [0.25, 0.3) is 10.0 Å². The van der Waals surface area contributed by atoms with Gasteiger partial charge >= 0.3 is 0 Å². The van der Waals surface area contributed by atoms with Gasteiger partial charge in [0.05, 0.1) is 10.6 Å². The van der Waals surface area contributed by atoms with Crippen molar-refractivity contribution in [2.24, 2.45) is 5.73 Å². The molecule has 21 heavy (non-hydrogen) atoms. The lowest BCUT2D eigenvalue weighted by Gasteiger charge is -2.10. The summed E-state index contributed by atoms with van der Waals surface area (Å²) in [6.45, 7) is 0.166. The van der Waals surface area contributed by atoms with Crippen molar-refractivity contribution in [2.75, 3.05) is 4.72 Å². The SMILES string of the molecule is NCc1ccc(S(=O)(=O)Nc2ccc(F)cc2F)cc1Cl. The van der Waals surface area contributed by atoms with Crippen LogP contribution in [0.25, 0.3) is 0 Å². The monoisotopic (exact) mass is 332 g/mol. The zero-order valence-electron chi connectivity index (χ0n) is 10.6. The van der Waals surface area contributed by atoms with E-state index < -0.39 is 21.7 Å². The van der Waals surface area contributed by atoms with Crippen molar-refractivity contribution in [2.45, 2.75) is 11.4 Å². The Morgan fingerprint density at radius 1 is 1.14 bits per heavy atom. The fourth-order valence-corrected chi connectivity index (χ4v) is 3.05. The summed E-state index contributed by atoms with van der Waals surface area (Å²) >= 11 is 5.89. The molecular formula is C13H11ClF2N2O2S. The van der Waals surface area contributed by atoms with Crippen LogP contribution in [0, 0.1) is 11.6 Å². The van der Waals surface area contributed by atoms with E-state index in [1.54, 1.807) is 0 Å². The molecule has 112 valence electrons. The summed E-state index contributed by atoms with van der Waals surface area (Å²) in [5, 5.41) is 0.194. The van der Waals surface area contributed by atoms with Gasteiger partial charge in [-0.15, -0.1) is 0 Å². The highest BCUT2D eigenvalue weighted by molar-refractivity contribution is 7.92. The van der Waals surface area contributed by atoms with Gasteiger partial charge < -0.3 is 5.73 Å². The first-order valence-electron chi connectivity index (χ1n) is 5.80. The van der Waals surface area contributed by atoms with E-state index in [0.29, 0.717) is 11.6 Å². The smallest absolute Gasteiger partial charge is 0.262 e. The average molecular weight is 333 g/mol. The molecule has 0 saturated heterocycles. The van der Waals surface area contributed by atoms with Crippen LogP contribution in [0.1, 0.15) is 5.56 Å². The van der Waals surface area contributed by atoms with Crippen molar-refractivity contribution in [1.29, 1.82) is 0 Å². The number of anilines is 1. The van der Waals surface area contributed by atoms with E-state index in [2.05, 4.69) is 0 Å². The molecule has 2 rings (SSSR count). The van der Waals surface area contributed by atoms with Crippen molar-refractivity contribution in [3.63, 3.8) is 0 Å². The van der Waals surface area contributed by atoms with Crippen molar-refractivity contribution < 1.29 is 17.2 Å². The third-order valence-corrected chi connectivity index (χ3v) is 4.45. The molecule has 0 spiro atoms. The van der Waals surface area contributed by atoms with Gasteiger partial charge in [-0.25, -0.2) is 17.2 Å². The van der Waals surface area contributed by atoms with Crippen LogP contribution < -0.4 is 10.5 Å². The van der Waals surface area contributed by atoms with Gasteiger partial charge in [0, 0.05) is 17.6 Å². The van der Waals surface area contributed by atoms with Crippen molar-refractivity contribution >= 4 is 27.3 Å². The fourth-order valence-electron chi connectivity index (χ4n) is 1.64.